The number of sulfonamides is 1. The molecule has 9 nitrogen and oxygen atoms in total. The lowest BCUT2D eigenvalue weighted by atomic mass is 9.92. The zero-order valence-corrected chi connectivity index (χ0v) is 22.0. The number of aryl methyl sites for hydroxylation is 1. The molecule has 2 heterocycles. The van der Waals surface area contributed by atoms with Gasteiger partial charge in [0.05, 0.1) is 31.2 Å². The van der Waals surface area contributed by atoms with E-state index in [1.54, 1.807) is 29.1 Å². The molecule has 0 saturated heterocycles. The van der Waals surface area contributed by atoms with Crippen LogP contribution in [0.3, 0.4) is 0 Å². The van der Waals surface area contributed by atoms with Gasteiger partial charge in [0.15, 0.2) is 0 Å². The number of carbonyl (C=O) groups is 1. The van der Waals surface area contributed by atoms with Gasteiger partial charge >= 0.3 is 6.03 Å². The summed E-state index contributed by atoms with van der Waals surface area (Å²) in [6, 6.07) is 4.06. The molecule has 4 rings (SSSR count). The molecule has 13 heteroatoms. The van der Waals surface area contributed by atoms with Crippen molar-refractivity contribution < 1.29 is 17.6 Å². The van der Waals surface area contributed by atoms with Gasteiger partial charge in [-0.05, 0) is 56.4 Å². The average molecular weight is 555 g/mol. The van der Waals surface area contributed by atoms with Gasteiger partial charge in [-0.2, -0.15) is 10.2 Å². The van der Waals surface area contributed by atoms with Crippen LogP contribution in [0.25, 0.3) is 5.57 Å². The van der Waals surface area contributed by atoms with E-state index in [0.717, 1.165) is 30.2 Å². The van der Waals surface area contributed by atoms with E-state index >= 15 is 4.39 Å². The van der Waals surface area contributed by atoms with Crippen molar-refractivity contribution >= 4 is 44.8 Å². The van der Waals surface area contributed by atoms with Crippen LogP contribution in [0.15, 0.2) is 47.5 Å². The lowest BCUT2D eigenvalue weighted by molar-refractivity contribution is 0.246. The summed E-state index contributed by atoms with van der Waals surface area (Å²) < 4.78 is 45.2. The van der Waals surface area contributed by atoms with Gasteiger partial charge in [0.25, 0.3) is 10.0 Å². The van der Waals surface area contributed by atoms with Crippen molar-refractivity contribution in [1.29, 1.82) is 0 Å². The Morgan fingerprint density at radius 2 is 1.97 bits per heavy atom. The molecule has 0 aliphatic heterocycles. The van der Waals surface area contributed by atoms with Crippen LogP contribution in [0.5, 0.6) is 0 Å². The molecule has 1 aliphatic carbocycles. The van der Waals surface area contributed by atoms with Gasteiger partial charge in [-0.3, -0.25) is 9.36 Å². The van der Waals surface area contributed by atoms with Gasteiger partial charge in [0, 0.05) is 27.9 Å². The summed E-state index contributed by atoms with van der Waals surface area (Å²) in [4.78, 5) is 12.1. The molecule has 0 fully saturated rings. The predicted octanol–water partition coefficient (Wildman–Crippen LogP) is 4.72. The fourth-order valence-corrected chi connectivity index (χ4v) is 5.28. The van der Waals surface area contributed by atoms with Crippen LogP contribution in [0.4, 0.5) is 9.18 Å². The van der Waals surface area contributed by atoms with Crippen LogP contribution >= 0.6 is 23.2 Å². The maximum atomic E-state index is 15.3. The number of hydrogen-bond donors (Lipinski definition) is 2. The molecule has 3 aromatic rings. The Morgan fingerprint density at radius 1 is 1.19 bits per heavy atom. The molecule has 2 aromatic heterocycles. The highest BCUT2D eigenvalue weighted by molar-refractivity contribution is 7.90. The molecule has 1 aromatic carbocycles. The van der Waals surface area contributed by atoms with E-state index in [-0.39, 0.29) is 10.9 Å². The zero-order valence-electron chi connectivity index (χ0n) is 19.6. The fraction of sp³-hybridized carbons (Fsp3) is 0.348. The van der Waals surface area contributed by atoms with Gasteiger partial charge in [0.1, 0.15) is 10.7 Å². The molecule has 0 unspecified atom stereocenters. The lowest BCUT2D eigenvalue weighted by Gasteiger charge is -2.19. The number of allylic oxidation sites excluding steroid dienone is 1. The number of fused-ring (bicyclic) bond motifs is 1. The predicted molar refractivity (Wildman–Crippen MR) is 135 cm³/mol. The number of nitrogens with zero attached hydrogens (tertiary/aromatic N) is 4. The lowest BCUT2D eigenvalue weighted by Crippen LogP contribution is -2.40. The number of amides is 2. The second-order valence-electron chi connectivity index (χ2n) is 8.69. The highest BCUT2D eigenvalue weighted by Crippen LogP contribution is 2.34. The second kappa shape index (κ2) is 10.6. The number of hydrogen-bond acceptors (Lipinski definition) is 5. The van der Waals surface area contributed by atoms with Crippen LogP contribution in [-0.2, 0) is 23.0 Å². The largest absolute Gasteiger partial charge is 0.331 e. The molecule has 2 N–H and O–H groups in total. The van der Waals surface area contributed by atoms with E-state index in [1.165, 1.54) is 10.9 Å². The SMILES string of the molecule is CC(C)n1cc(S(=O)(=O)NC(=O)NCC(F)=C2CCCc3cnn(Cc4ccc(Cl)cc4Cl)c32)cn1. The first kappa shape index (κ1) is 26.2. The zero-order chi connectivity index (χ0) is 26.0. The summed E-state index contributed by atoms with van der Waals surface area (Å²) in [6.45, 7) is 3.52. The van der Waals surface area contributed by atoms with E-state index in [1.807, 2.05) is 18.6 Å². The Balaban J connectivity index is 1.48. The standard InChI is InChI=1S/C23H25Cl2FN6O3S/c1-14(2)31-13-18(10-29-31)36(34,35)30-23(33)27-11-21(26)19-5-3-4-15-9-28-32(22(15)19)12-16-6-7-17(24)8-20(16)25/h6-10,13-14H,3-5,11-12H2,1-2H3,(H2,27,30,33). The molecule has 0 saturated carbocycles. The van der Waals surface area contributed by atoms with Crippen LogP contribution in [0, 0.1) is 0 Å². The minimum absolute atomic E-state index is 0.0481. The molecular formula is C23H25Cl2FN6O3S. The summed E-state index contributed by atoms with van der Waals surface area (Å²) in [5, 5.41) is 11.7. The minimum Gasteiger partial charge on any atom is -0.331 e. The Labute approximate surface area is 218 Å². The molecule has 0 spiro atoms. The van der Waals surface area contributed by atoms with E-state index in [2.05, 4.69) is 15.5 Å². The topological polar surface area (TPSA) is 111 Å². The maximum Gasteiger partial charge on any atom is 0.329 e. The smallest absolute Gasteiger partial charge is 0.329 e. The number of rotatable bonds is 7. The number of halogens is 3. The Hall–Kier alpha value is -2.89. The van der Waals surface area contributed by atoms with Gasteiger partial charge in [0.2, 0.25) is 0 Å². The highest BCUT2D eigenvalue weighted by atomic mass is 35.5. The highest BCUT2D eigenvalue weighted by Gasteiger charge is 2.25. The molecule has 0 bridgehead atoms. The van der Waals surface area contributed by atoms with Gasteiger partial charge < -0.3 is 5.32 Å². The molecule has 0 atom stereocenters. The van der Waals surface area contributed by atoms with Gasteiger partial charge in [-0.1, -0.05) is 29.3 Å². The van der Waals surface area contributed by atoms with Crippen LogP contribution in [-0.4, -0.2) is 40.6 Å². The summed E-state index contributed by atoms with van der Waals surface area (Å²) in [5.74, 6) is -0.569. The summed E-state index contributed by atoms with van der Waals surface area (Å²) in [5.41, 5.74) is 2.73. The third-order valence-corrected chi connectivity index (χ3v) is 7.66. The third-order valence-electron chi connectivity index (χ3n) is 5.79. The van der Waals surface area contributed by atoms with Crippen molar-refractivity contribution in [3.8, 4) is 0 Å². The maximum absolute atomic E-state index is 15.3. The van der Waals surface area contributed by atoms with Crippen molar-refractivity contribution in [2.45, 2.75) is 50.6 Å². The molecule has 36 heavy (non-hydrogen) atoms. The first-order valence-electron chi connectivity index (χ1n) is 11.3. The van der Waals surface area contributed by atoms with E-state index in [9.17, 15) is 13.2 Å². The van der Waals surface area contributed by atoms with Crippen molar-refractivity contribution in [1.82, 2.24) is 29.6 Å². The van der Waals surface area contributed by atoms with Crippen molar-refractivity contribution in [2.75, 3.05) is 6.54 Å². The van der Waals surface area contributed by atoms with Crippen LogP contribution in [0.1, 0.15) is 49.6 Å². The number of urea groups is 1. The Morgan fingerprint density at radius 3 is 2.67 bits per heavy atom. The number of aromatic nitrogens is 4. The summed E-state index contributed by atoms with van der Waals surface area (Å²) in [6.07, 6.45) is 6.10. The molecule has 0 radical (unpaired) electrons. The number of carbonyl (C=O) groups excluding carboxylic acids is 1. The third kappa shape index (κ3) is 5.74. The molecular weight excluding hydrogens is 530 g/mol. The second-order valence-corrected chi connectivity index (χ2v) is 11.2. The Bertz CT molecular complexity index is 1430. The first-order valence-corrected chi connectivity index (χ1v) is 13.5. The molecule has 2 amide bonds. The van der Waals surface area contributed by atoms with E-state index in [0.29, 0.717) is 34.3 Å². The van der Waals surface area contributed by atoms with Crippen molar-refractivity contribution in [3.63, 3.8) is 0 Å². The van der Waals surface area contributed by atoms with E-state index < -0.39 is 28.4 Å². The van der Waals surface area contributed by atoms with Crippen LogP contribution in [0.2, 0.25) is 10.0 Å². The van der Waals surface area contributed by atoms with E-state index in [4.69, 9.17) is 23.2 Å². The monoisotopic (exact) mass is 554 g/mol. The normalized spacial score (nSPS) is 15.1. The molecule has 192 valence electrons. The van der Waals surface area contributed by atoms with Crippen LogP contribution < -0.4 is 10.0 Å². The number of nitrogens with one attached hydrogen (secondary N) is 2. The van der Waals surface area contributed by atoms with Gasteiger partial charge in [-0.15, -0.1) is 0 Å². The fourth-order valence-electron chi connectivity index (χ4n) is 3.95. The van der Waals surface area contributed by atoms with Gasteiger partial charge in [-0.25, -0.2) is 22.3 Å². The van der Waals surface area contributed by atoms with Crippen molar-refractivity contribution in [3.05, 3.63) is 69.5 Å². The number of benzene rings is 1. The summed E-state index contributed by atoms with van der Waals surface area (Å²) in [7, 11) is -4.15. The first-order chi connectivity index (χ1) is 17.0. The Kier molecular flexibility index (Phi) is 7.72. The molecule has 1 aliphatic rings. The van der Waals surface area contributed by atoms with Crippen molar-refractivity contribution in [2.24, 2.45) is 0 Å². The quantitative estimate of drug-likeness (QED) is 0.439. The average Bonchev–Trinajstić information content (AvgIpc) is 3.47. The minimum atomic E-state index is -4.15. The summed E-state index contributed by atoms with van der Waals surface area (Å²) >= 11 is 12.3.